The summed E-state index contributed by atoms with van der Waals surface area (Å²) in [5, 5.41) is 4.89. The van der Waals surface area contributed by atoms with E-state index >= 15 is 0 Å². The molecule has 2 aromatic rings. The molecular formula is C12H12N2O3S. The lowest BCUT2D eigenvalue weighted by Crippen LogP contribution is -2.10. The normalized spacial score (nSPS) is 9.89. The first-order valence-electron chi connectivity index (χ1n) is 5.18. The van der Waals surface area contributed by atoms with Crippen molar-refractivity contribution in [2.45, 2.75) is 0 Å². The van der Waals surface area contributed by atoms with Gasteiger partial charge < -0.3 is 9.47 Å². The van der Waals surface area contributed by atoms with Gasteiger partial charge >= 0.3 is 6.09 Å². The van der Waals surface area contributed by atoms with Crippen molar-refractivity contribution in [3.8, 4) is 17.0 Å². The molecule has 18 heavy (non-hydrogen) atoms. The first-order valence-corrected chi connectivity index (χ1v) is 6.06. The summed E-state index contributed by atoms with van der Waals surface area (Å²) in [5.41, 5.74) is 1.72. The molecule has 1 amide bonds. The Hall–Kier alpha value is -2.08. The fraction of sp³-hybridized carbons (Fsp3) is 0.167. The molecule has 94 valence electrons. The van der Waals surface area contributed by atoms with Crippen molar-refractivity contribution in [3.05, 3.63) is 29.6 Å². The quantitative estimate of drug-likeness (QED) is 0.925. The number of hydrogen-bond donors (Lipinski definition) is 1. The van der Waals surface area contributed by atoms with Crippen molar-refractivity contribution in [2.24, 2.45) is 0 Å². The van der Waals surface area contributed by atoms with Gasteiger partial charge in [-0.15, -0.1) is 11.3 Å². The maximum absolute atomic E-state index is 11.0. The highest BCUT2D eigenvalue weighted by molar-refractivity contribution is 7.14. The maximum atomic E-state index is 11.0. The van der Waals surface area contributed by atoms with Crippen LogP contribution in [0.3, 0.4) is 0 Å². The van der Waals surface area contributed by atoms with Gasteiger partial charge in [-0.1, -0.05) is 12.1 Å². The molecule has 0 spiro atoms. The molecule has 5 nitrogen and oxygen atoms in total. The number of aromatic nitrogens is 1. The molecule has 0 saturated carbocycles. The summed E-state index contributed by atoms with van der Waals surface area (Å²) in [5.74, 6) is 0.767. The predicted molar refractivity (Wildman–Crippen MR) is 70.1 cm³/mol. The van der Waals surface area contributed by atoms with E-state index in [4.69, 9.17) is 4.74 Å². The number of anilines is 1. The molecule has 1 aromatic heterocycles. The summed E-state index contributed by atoms with van der Waals surface area (Å²) in [6, 6.07) is 7.57. The number of nitrogens with zero attached hydrogens (tertiary/aromatic N) is 1. The Kier molecular flexibility index (Phi) is 3.78. The van der Waals surface area contributed by atoms with Crippen molar-refractivity contribution < 1.29 is 14.3 Å². The Labute approximate surface area is 108 Å². The number of nitrogens with one attached hydrogen (secondary N) is 1. The van der Waals surface area contributed by atoms with Gasteiger partial charge in [0.25, 0.3) is 0 Å². The van der Waals surface area contributed by atoms with E-state index in [9.17, 15) is 4.79 Å². The molecule has 0 aliphatic heterocycles. The molecule has 6 heteroatoms. The minimum Gasteiger partial charge on any atom is -0.497 e. The number of carbonyl (C=O) groups excluding carboxylic acids is 1. The van der Waals surface area contributed by atoms with E-state index in [1.165, 1.54) is 18.4 Å². The highest BCUT2D eigenvalue weighted by atomic mass is 32.1. The van der Waals surface area contributed by atoms with Gasteiger partial charge in [0, 0.05) is 10.9 Å². The summed E-state index contributed by atoms with van der Waals surface area (Å²) in [4.78, 5) is 15.3. The van der Waals surface area contributed by atoms with E-state index in [1.54, 1.807) is 7.11 Å². The molecular weight excluding hydrogens is 252 g/mol. The Bertz CT molecular complexity index is 554. The Morgan fingerprint density at radius 3 is 2.94 bits per heavy atom. The number of amides is 1. The highest BCUT2D eigenvalue weighted by Gasteiger charge is 2.08. The molecule has 1 heterocycles. The number of thiazole rings is 1. The van der Waals surface area contributed by atoms with Gasteiger partial charge in [0.1, 0.15) is 5.75 Å². The highest BCUT2D eigenvalue weighted by Crippen LogP contribution is 2.27. The minimum atomic E-state index is -0.526. The number of ether oxygens (including phenoxy) is 2. The topological polar surface area (TPSA) is 60.5 Å². The van der Waals surface area contributed by atoms with Crippen LogP contribution in [0.4, 0.5) is 9.93 Å². The Morgan fingerprint density at radius 2 is 2.22 bits per heavy atom. The van der Waals surface area contributed by atoms with E-state index in [0.29, 0.717) is 5.13 Å². The van der Waals surface area contributed by atoms with Crippen molar-refractivity contribution in [1.82, 2.24) is 4.98 Å². The average Bonchev–Trinajstić information content (AvgIpc) is 2.87. The summed E-state index contributed by atoms with van der Waals surface area (Å²) < 4.78 is 9.65. The lowest BCUT2D eigenvalue weighted by atomic mass is 10.2. The minimum absolute atomic E-state index is 0.500. The smallest absolute Gasteiger partial charge is 0.413 e. The molecule has 0 unspecified atom stereocenters. The molecule has 0 radical (unpaired) electrons. The number of benzene rings is 1. The van der Waals surface area contributed by atoms with Gasteiger partial charge in [-0.2, -0.15) is 0 Å². The van der Waals surface area contributed by atoms with E-state index in [0.717, 1.165) is 17.0 Å². The van der Waals surface area contributed by atoms with Crippen LogP contribution >= 0.6 is 11.3 Å². The third kappa shape index (κ3) is 2.78. The Morgan fingerprint density at radius 1 is 1.39 bits per heavy atom. The molecule has 0 aliphatic rings. The molecule has 0 bridgehead atoms. The number of rotatable bonds is 3. The van der Waals surface area contributed by atoms with Gasteiger partial charge in [0.05, 0.1) is 19.9 Å². The first-order chi connectivity index (χ1) is 8.72. The fourth-order valence-corrected chi connectivity index (χ4v) is 2.09. The van der Waals surface area contributed by atoms with Crippen LogP contribution < -0.4 is 10.1 Å². The van der Waals surface area contributed by atoms with Crippen LogP contribution in [0.2, 0.25) is 0 Å². The lowest BCUT2D eigenvalue weighted by molar-refractivity contribution is 0.187. The third-order valence-corrected chi connectivity index (χ3v) is 3.02. The van der Waals surface area contributed by atoms with Crippen LogP contribution in [-0.4, -0.2) is 25.3 Å². The largest absolute Gasteiger partial charge is 0.497 e. The molecule has 0 atom stereocenters. The van der Waals surface area contributed by atoms with Gasteiger partial charge in [0.2, 0.25) is 0 Å². The first kappa shape index (κ1) is 12.4. The van der Waals surface area contributed by atoms with Crippen LogP contribution in [0.15, 0.2) is 29.6 Å². The summed E-state index contributed by atoms with van der Waals surface area (Å²) >= 11 is 1.34. The van der Waals surface area contributed by atoms with Crippen molar-refractivity contribution in [2.75, 3.05) is 19.5 Å². The fourth-order valence-electron chi connectivity index (χ4n) is 1.38. The van der Waals surface area contributed by atoms with E-state index in [2.05, 4.69) is 15.0 Å². The number of carbonyl (C=O) groups is 1. The zero-order valence-electron chi connectivity index (χ0n) is 9.97. The second kappa shape index (κ2) is 5.50. The van der Waals surface area contributed by atoms with Crippen LogP contribution in [0.25, 0.3) is 11.3 Å². The van der Waals surface area contributed by atoms with Gasteiger partial charge in [-0.05, 0) is 12.1 Å². The van der Waals surface area contributed by atoms with Gasteiger partial charge in [-0.3, -0.25) is 5.32 Å². The zero-order valence-corrected chi connectivity index (χ0v) is 10.8. The second-order valence-corrected chi connectivity index (χ2v) is 4.24. The SMILES string of the molecule is COC(=O)Nc1nc(-c2cccc(OC)c2)cs1. The van der Waals surface area contributed by atoms with Crippen LogP contribution in [0.5, 0.6) is 5.75 Å². The Balaban J connectivity index is 2.20. The summed E-state index contributed by atoms with van der Waals surface area (Å²) in [7, 11) is 2.93. The van der Waals surface area contributed by atoms with Crippen LogP contribution in [-0.2, 0) is 4.74 Å². The monoisotopic (exact) mass is 264 g/mol. The van der Waals surface area contributed by atoms with Crippen molar-refractivity contribution in [3.63, 3.8) is 0 Å². The zero-order chi connectivity index (χ0) is 13.0. The summed E-state index contributed by atoms with van der Waals surface area (Å²) in [6.07, 6.45) is -0.526. The molecule has 1 N–H and O–H groups in total. The number of hydrogen-bond acceptors (Lipinski definition) is 5. The van der Waals surface area contributed by atoms with Crippen molar-refractivity contribution >= 4 is 22.6 Å². The van der Waals surface area contributed by atoms with E-state index < -0.39 is 6.09 Å². The average molecular weight is 264 g/mol. The van der Waals surface area contributed by atoms with Crippen LogP contribution in [0.1, 0.15) is 0 Å². The molecule has 1 aromatic carbocycles. The van der Waals surface area contributed by atoms with Gasteiger partial charge in [-0.25, -0.2) is 9.78 Å². The number of methoxy groups -OCH3 is 2. The van der Waals surface area contributed by atoms with Crippen molar-refractivity contribution in [1.29, 1.82) is 0 Å². The van der Waals surface area contributed by atoms with Crippen LogP contribution in [0, 0.1) is 0 Å². The second-order valence-electron chi connectivity index (χ2n) is 3.39. The maximum Gasteiger partial charge on any atom is 0.413 e. The molecule has 0 fully saturated rings. The van der Waals surface area contributed by atoms with E-state index in [1.807, 2.05) is 29.6 Å². The standard InChI is InChI=1S/C12H12N2O3S/c1-16-9-5-3-4-8(6-9)10-7-18-11(13-10)14-12(15)17-2/h3-7H,1-2H3,(H,13,14,15). The lowest BCUT2D eigenvalue weighted by Gasteiger charge is -2.01. The molecule has 0 saturated heterocycles. The molecule has 2 rings (SSSR count). The molecule has 0 aliphatic carbocycles. The predicted octanol–water partition coefficient (Wildman–Crippen LogP) is 3.00. The van der Waals surface area contributed by atoms with Gasteiger partial charge in [0.15, 0.2) is 5.13 Å². The third-order valence-electron chi connectivity index (χ3n) is 2.26. The van der Waals surface area contributed by atoms with E-state index in [-0.39, 0.29) is 0 Å². The summed E-state index contributed by atoms with van der Waals surface area (Å²) in [6.45, 7) is 0.